The summed E-state index contributed by atoms with van der Waals surface area (Å²) in [6.07, 6.45) is 2.39. The number of nitriles is 1. The van der Waals surface area contributed by atoms with Gasteiger partial charge in [0.1, 0.15) is 5.69 Å². The second-order valence-corrected chi connectivity index (χ2v) is 5.10. The Kier molecular flexibility index (Phi) is 5.48. The van der Waals surface area contributed by atoms with Crippen LogP contribution in [0.1, 0.15) is 24.8 Å². The molecule has 114 valence electrons. The molecule has 0 radical (unpaired) electrons. The number of anilines is 1. The van der Waals surface area contributed by atoms with E-state index in [-0.39, 0.29) is 17.4 Å². The average molecular weight is 295 g/mol. The van der Waals surface area contributed by atoms with E-state index in [2.05, 4.69) is 0 Å². The fourth-order valence-electron chi connectivity index (χ4n) is 2.51. The van der Waals surface area contributed by atoms with Crippen LogP contribution in [0.15, 0.2) is 12.1 Å². The Labute approximate surface area is 123 Å². The molecule has 0 aliphatic carbocycles. The Hall–Kier alpha value is -1.71. The van der Waals surface area contributed by atoms with Crippen LogP contribution in [0.5, 0.6) is 0 Å². The van der Waals surface area contributed by atoms with Gasteiger partial charge in [-0.05, 0) is 37.9 Å². The van der Waals surface area contributed by atoms with E-state index in [1.54, 1.807) is 11.0 Å². The molecule has 0 saturated carbocycles. The van der Waals surface area contributed by atoms with Gasteiger partial charge < -0.3 is 15.4 Å². The molecule has 1 saturated heterocycles. The summed E-state index contributed by atoms with van der Waals surface area (Å²) in [5.41, 5.74) is 5.35. The van der Waals surface area contributed by atoms with Gasteiger partial charge in [0.25, 0.3) is 0 Å². The lowest BCUT2D eigenvalue weighted by Gasteiger charge is -2.33. The molecule has 4 nitrogen and oxygen atoms in total. The first-order valence-electron chi connectivity index (χ1n) is 7.11. The summed E-state index contributed by atoms with van der Waals surface area (Å²) < 4.78 is 33.6. The highest BCUT2D eigenvalue weighted by Gasteiger charge is 2.24. The summed E-state index contributed by atoms with van der Waals surface area (Å²) in [4.78, 5) is 1.68. The van der Waals surface area contributed by atoms with Gasteiger partial charge in [0.2, 0.25) is 0 Å². The van der Waals surface area contributed by atoms with Crippen molar-refractivity contribution in [2.24, 2.45) is 5.73 Å². The topological polar surface area (TPSA) is 62.3 Å². The van der Waals surface area contributed by atoms with Crippen LogP contribution < -0.4 is 10.6 Å². The molecular weight excluding hydrogens is 276 g/mol. The first kappa shape index (κ1) is 15.7. The van der Waals surface area contributed by atoms with Gasteiger partial charge in [-0.2, -0.15) is 5.26 Å². The highest BCUT2D eigenvalue weighted by molar-refractivity contribution is 5.52. The summed E-state index contributed by atoms with van der Waals surface area (Å²) >= 11 is 0. The van der Waals surface area contributed by atoms with Crippen LogP contribution in [0, 0.1) is 23.0 Å². The van der Waals surface area contributed by atoms with Crippen molar-refractivity contribution in [2.75, 3.05) is 31.1 Å². The molecule has 1 aliphatic rings. The van der Waals surface area contributed by atoms with E-state index in [9.17, 15) is 8.78 Å². The van der Waals surface area contributed by atoms with Gasteiger partial charge in [-0.1, -0.05) is 0 Å². The van der Waals surface area contributed by atoms with Crippen molar-refractivity contribution in [3.05, 3.63) is 29.3 Å². The van der Waals surface area contributed by atoms with Crippen LogP contribution >= 0.6 is 0 Å². The van der Waals surface area contributed by atoms with Crippen molar-refractivity contribution in [1.82, 2.24) is 0 Å². The van der Waals surface area contributed by atoms with Crippen molar-refractivity contribution < 1.29 is 13.5 Å². The molecule has 0 spiro atoms. The maximum absolute atomic E-state index is 14.0. The van der Waals surface area contributed by atoms with Crippen molar-refractivity contribution in [2.45, 2.75) is 25.4 Å². The second kappa shape index (κ2) is 7.34. The van der Waals surface area contributed by atoms with E-state index in [1.807, 2.05) is 0 Å². The van der Waals surface area contributed by atoms with Crippen LogP contribution in [0.25, 0.3) is 0 Å². The quantitative estimate of drug-likeness (QED) is 0.846. The lowest BCUT2D eigenvalue weighted by Crippen LogP contribution is -2.38. The minimum Gasteiger partial charge on any atom is -0.378 e. The van der Waals surface area contributed by atoms with Gasteiger partial charge in [-0.15, -0.1) is 0 Å². The Morgan fingerprint density at radius 2 is 1.90 bits per heavy atom. The second-order valence-electron chi connectivity index (χ2n) is 5.10. The van der Waals surface area contributed by atoms with E-state index in [4.69, 9.17) is 15.7 Å². The van der Waals surface area contributed by atoms with Crippen molar-refractivity contribution in [3.8, 4) is 6.07 Å². The van der Waals surface area contributed by atoms with E-state index >= 15 is 0 Å². The van der Waals surface area contributed by atoms with Crippen LogP contribution in [0.4, 0.5) is 14.5 Å². The normalized spacial score (nSPS) is 16.0. The van der Waals surface area contributed by atoms with Crippen molar-refractivity contribution >= 4 is 5.69 Å². The highest BCUT2D eigenvalue weighted by atomic mass is 19.1. The molecule has 0 atom stereocenters. The zero-order chi connectivity index (χ0) is 15.2. The van der Waals surface area contributed by atoms with Crippen LogP contribution in [0.2, 0.25) is 0 Å². The number of benzene rings is 1. The van der Waals surface area contributed by atoms with E-state index in [0.717, 1.165) is 31.4 Å². The largest absolute Gasteiger partial charge is 0.378 e. The first-order chi connectivity index (χ1) is 10.2. The fourth-order valence-corrected chi connectivity index (χ4v) is 2.51. The summed E-state index contributed by atoms with van der Waals surface area (Å²) in [6, 6.07) is 3.89. The molecule has 0 amide bonds. The molecule has 1 aromatic rings. The number of halogens is 2. The van der Waals surface area contributed by atoms with Gasteiger partial charge in [-0.3, -0.25) is 0 Å². The molecule has 0 unspecified atom stereocenters. The summed E-state index contributed by atoms with van der Waals surface area (Å²) in [5, 5.41) is 8.70. The molecule has 21 heavy (non-hydrogen) atoms. The molecule has 2 N–H and O–H groups in total. The molecular formula is C15H19F2N3O. The third kappa shape index (κ3) is 3.90. The monoisotopic (exact) mass is 295 g/mol. The Morgan fingerprint density at radius 1 is 1.29 bits per heavy atom. The predicted octanol–water partition coefficient (Wildman–Crippen LogP) is 2.17. The lowest BCUT2D eigenvalue weighted by molar-refractivity contribution is 0.0365. The van der Waals surface area contributed by atoms with Gasteiger partial charge >= 0.3 is 0 Å². The number of ether oxygens (including phenoxy) is 1. The number of nitrogens with zero attached hydrogens (tertiary/aromatic N) is 2. The van der Waals surface area contributed by atoms with Gasteiger partial charge in [-0.25, -0.2) is 8.78 Å². The van der Waals surface area contributed by atoms with Crippen LogP contribution in [-0.2, 0) is 4.74 Å². The standard InChI is InChI=1S/C15H19F2N3O/c16-13-8-11(10-19)9-14(17)15(13)20-5-2-12(3-6-20)21-7-1-4-18/h8-9,12H,1-7,18H2. The highest BCUT2D eigenvalue weighted by Crippen LogP contribution is 2.28. The number of nitrogens with two attached hydrogens (primary N) is 1. The minimum atomic E-state index is -0.686. The Bertz CT molecular complexity index is 499. The fraction of sp³-hybridized carbons (Fsp3) is 0.533. The van der Waals surface area contributed by atoms with Crippen molar-refractivity contribution in [3.63, 3.8) is 0 Å². The molecule has 0 aromatic heterocycles. The predicted molar refractivity (Wildman–Crippen MR) is 75.9 cm³/mol. The zero-order valence-electron chi connectivity index (χ0n) is 11.8. The van der Waals surface area contributed by atoms with Crippen molar-refractivity contribution in [1.29, 1.82) is 5.26 Å². The zero-order valence-corrected chi connectivity index (χ0v) is 11.8. The van der Waals surface area contributed by atoms with Gasteiger partial charge in [0.05, 0.1) is 17.7 Å². The smallest absolute Gasteiger partial charge is 0.150 e. The number of piperidine rings is 1. The SMILES string of the molecule is N#Cc1cc(F)c(N2CCC(OCCCN)CC2)c(F)c1. The van der Waals surface area contributed by atoms with Gasteiger partial charge in [0, 0.05) is 19.7 Å². The van der Waals surface area contributed by atoms with Gasteiger partial charge in [0.15, 0.2) is 11.6 Å². The molecule has 1 aromatic carbocycles. The lowest BCUT2D eigenvalue weighted by atomic mass is 10.1. The first-order valence-corrected chi connectivity index (χ1v) is 7.11. The van der Waals surface area contributed by atoms with E-state index in [1.165, 1.54) is 0 Å². The van der Waals surface area contributed by atoms with Crippen LogP contribution in [-0.4, -0.2) is 32.3 Å². The molecule has 6 heteroatoms. The summed E-state index contributed by atoms with van der Waals surface area (Å²) in [5.74, 6) is -1.37. The molecule has 1 heterocycles. The maximum Gasteiger partial charge on any atom is 0.150 e. The van der Waals surface area contributed by atoms with E-state index < -0.39 is 11.6 Å². The molecule has 2 rings (SSSR count). The molecule has 1 fully saturated rings. The van der Waals surface area contributed by atoms with E-state index in [0.29, 0.717) is 26.2 Å². The summed E-state index contributed by atoms with van der Waals surface area (Å²) in [7, 11) is 0. The summed E-state index contributed by atoms with van der Waals surface area (Å²) in [6.45, 7) is 2.29. The third-order valence-corrected chi connectivity index (χ3v) is 3.61. The maximum atomic E-state index is 14.0. The number of hydrogen-bond donors (Lipinski definition) is 1. The third-order valence-electron chi connectivity index (χ3n) is 3.61. The molecule has 1 aliphatic heterocycles. The number of hydrogen-bond acceptors (Lipinski definition) is 4. The minimum absolute atomic E-state index is 0.00578. The average Bonchev–Trinajstić information content (AvgIpc) is 2.48. The van der Waals surface area contributed by atoms with Crippen LogP contribution in [0.3, 0.4) is 0 Å². The number of rotatable bonds is 5. The molecule has 0 bridgehead atoms. The Balaban J connectivity index is 1.98. The Morgan fingerprint density at radius 3 is 2.43 bits per heavy atom.